The molecule has 1 heterocycles. The summed E-state index contributed by atoms with van der Waals surface area (Å²) in [6.45, 7) is 8.70. The highest BCUT2D eigenvalue weighted by Crippen LogP contribution is 2.42. The Hall–Kier alpha value is -0.540. The predicted molar refractivity (Wildman–Crippen MR) is 76.1 cm³/mol. The highest BCUT2D eigenvalue weighted by atomic mass is 35.5. The van der Waals surface area contributed by atoms with Crippen LogP contribution in [-0.4, -0.2) is 22.4 Å². The summed E-state index contributed by atoms with van der Waals surface area (Å²) >= 11 is 6.32. The van der Waals surface area contributed by atoms with Crippen LogP contribution in [0.1, 0.15) is 51.6 Å². The Bertz CT molecular complexity index is 388. The number of hydrogen-bond donors (Lipinski definition) is 1. The Morgan fingerprint density at radius 2 is 2.22 bits per heavy atom. The Kier molecular flexibility index (Phi) is 4.68. The second-order valence-electron chi connectivity index (χ2n) is 5.30. The minimum absolute atomic E-state index is 0.550. The SMILES string of the molecule is CCCNC1CCC(c2c(Cl)cnn2CC)C1C. The fraction of sp³-hybridized carbons (Fsp3) is 0.786. The summed E-state index contributed by atoms with van der Waals surface area (Å²) in [5.41, 5.74) is 1.24. The summed E-state index contributed by atoms with van der Waals surface area (Å²) in [6, 6.07) is 0.631. The van der Waals surface area contributed by atoms with Crippen molar-refractivity contribution in [3.8, 4) is 0 Å². The maximum Gasteiger partial charge on any atom is 0.0820 e. The van der Waals surface area contributed by atoms with Crippen molar-refractivity contribution in [2.45, 2.75) is 58.5 Å². The van der Waals surface area contributed by atoms with E-state index in [1.54, 1.807) is 6.20 Å². The summed E-state index contributed by atoms with van der Waals surface area (Å²) in [4.78, 5) is 0. The van der Waals surface area contributed by atoms with E-state index < -0.39 is 0 Å². The first kappa shape index (κ1) is 13.9. The van der Waals surface area contributed by atoms with Crippen LogP contribution in [0.4, 0.5) is 0 Å². The minimum atomic E-state index is 0.550. The van der Waals surface area contributed by atoms with Crippen molar-refractivity contribution >= 4 is 11.6 Å². The van der Waals surface area contributed by atoms with Crippen LogP contribution in [-0.2, 0) is 6.54 Å². The summed E-state index contributed by atoms with van der Waals surface area (Å²) in [6.07, 6.45) is 5.45. The zero-order valence-electron chi connectivity index (χ0n) is 11.6. The van der Waals surface area contributed by atoms with E-state index in [4.69, 9.17) is 11.6 Å². The molecule has 0 aliphatic heterocycles. The fourth-order valence-electron chi connectivity index (χ4n) is 3.16. The molecule has 1 fully saturated rings. The van der Waals surface area contributed by atoms with Gasteiger partial charge in [-0.3, -0.25) is 4.68 Å². The number of halogens is 1. The molecule has 1 aliphatic carbocycles. The lowest BCUT2D eigenvalue weighted by molar-refractivity contribution is 0.393. The van der Waals surface area contributed by atoms with Crippen LogP contribution in [0.3, 0.4) is 0 Å². The molecule has 3 nitrogen and oxygen atoms in total. The van der Waals surface area contributed by atoms with E-state index >= 15 is 0 Å². The Morgan fingerprint density at radius 1 is 1.44 bits per heavy atom. The molecular formula is C14H24ClN3. The van der Waals surface area contributed by atoms with Gasteiger partial charge in [-0.25, -0.2) is 0 Å². The van der Waals surface area contributed by atoms with Gasteiger partial charge in [0.1, 0.15) is 0 Å². The van der Waals surface area contributed by atoms with Gasteiger partial charge in [-0.1, -0.05) is 25.4 Å². The molecule has 0 aromatic carbocycles. The summed E-state index contributed by atoms with van der Waals surface area (Å²) < 4.78 is 2.06. The molecule has 1 N–H and O–H groups in total. The smallest absolute Gasteiger partial charge is 0.0820 e. The van der Waals surface area contributed by atoms with Gasteiger partial charge in [-0.2, -0.15) is 5.10 Å². The van der Waals surface area contributed by atoms with E-state index in [2.05, 4.69) is 35.9 Å². The maximum atomic E-state index is 6.32. The zero-order chi connectivity index (χ0) is 13.1. The van der Waals surface area contributed by atoms with Gasteiger partial charge >= 0.3 is 0 Å². The van der Waals surface area contributed by atoms with Crippen molar-refractivity contribution in [3.05, 3.63) is 16.9 Å². The van der Waals surface area contributed by atoms with Gasteiger partial charge in [0.15, 0.2) is 0 Å². The van der Waals surface area contributed by atoms with Gasteiger partial charge in [0, 0.05) is 18.5 Å². The van der Waals surface area contributed by atoms with Gasteiger partial charge < -0.3 is 5.32 Å². The van der Waals surface area contributed by atoms with Crippen LogP contribution < -0.4 is 5.32 Å². The van der Waals surface area contributed by atoms with Gasteiger partial charge in [0.25, 0.3) is 0 Å². The number of aryl methyl sites for hydroxylation is 1. The lowest BCUT2D eigenvalue weighted by Crippen LogP contribution is -2.33. The molecule has 1 aromatic heterocycles. The van der Waals surface area contributed by atoms with E-state index in [-0.39, 0.29) is 0 Å². The van der Waals surface area contributed by atoms with Crippen molar-refractivity contribution in [1.82, 2.24) is 15.1 Å². The van der Waals surface area contributed by atoms with Gasteiger partial charge in [-0.15, -0.1) is 0 Å². The van der Waals surface area contributed by atoms with Crippen LogP contribution >= 0.6 is 11.6 Å². The Labute approximate surface area is 115 Å². The quantitative estimate of drug-likeness (QED) is 0.887. The average Bonchev–Trinajstić information content (AvgIpc) is 2.90. The number of nitrogens with zero attached hydrogens (tertiary/aromatic N) is 2. The molecule has 102 valence electrons. The highest BCUT2D eigenvalue weighted by molar-refractivity contribution is 6.31. The van der Waals surface area contributed by atoms with Crippen LogP contribution in [0.15, 0.2) is 6.20 Å². The molecule has 1 aliphatic rings. The van der Waals surface area contributed by atoms with Crippen LogP contribution in [0.25, 0.3) is 0 Å². The summed E-state index contributed by atoms with van der Waals surface area (Å²) in [7, 11) is 0. The summed E-state index contributed by atoms with van der Waals surface area (Å²) in [5, 5.41) is 8.86. The van der Waals surface area contributed by atoms with Crippen molar-refractivity contribution in [2.75, 3.05) is 6.54 Å². The molecule has 0 saturated heterocycles. The average molecular weight is 270 g/mol. The van der Waals surface area contributed by atoms with E-state index in [1.165, 1.54) is 25.0 Å². The topological polar surface area (TPSA) is 29.9 Å². The fourth-order valence-corrected chi connectivity index (χ4v) is 3.44. The van der Waals surface area contributed by atoms with E-state index in [9.17, 15) is 0 Å². The Balaban J connectivity index is 2.12. The Morgan fingerprint density at radius 3 is 2.89 bits per heavy atom. The van der Waals surface area contributed by atoms with Gasteiger partial charge in [-0.05, 0) is 38.6 Å². The second kappa shape index (κ2) is 6.07. The molecule has 2 rings (SSSR count). The second-order valence-corrected chi connectivity index (χ2v) is 5.70. The van der Waals surface area contributed by atoms with Crippen molar-refractivity contribution in [1.29, 1.82) is 0 Å². The molecule has 1 aromatic rings. The first-order valence-electron chi connectivity index (χ1n) is 7.13. The molecule has 18 heavy (non-hydrogen) atoms. The highest BCUT2D eigenvalue weighted by Gasteiger charge is 2.36. The molecular weight excluding hydrogens is 246 g/mol. The lowest BCUT2D eigenvalue weighted by atomic mass is 9.92. The summed E-state index contributed by atoms with van der Waals surface area (Å²) in [5.74, 6) is 1.19. The van der Waals surface area contributed by atoms with Crippen molar-refractivity contribution in [3.63, 3.8) is 0 Å². The number of aromatic nitrogens is 2. The lowest BCUT2D eigenvalue weighted by Gasteiger charge is -2.22. The maximum absolute atomic E-state index is 6.32. The van der Waals surface area contributed by atoms with E-state index in [0.29, 0.717) is 17.9 Å². The van der Waals surface area contributed by atoms with Crippen LogP contribution in [0, 0.1) is 5.92 Å². The van der Waals surface area contributed by atoms with Gasteiger partial charge in [0.05, 0.1) is 16.9 Å². The number of nitrogens with one attached hydrogen (secondary N) is 1. The monoisotopic (exact) mass is 269 g/mol. The third kappa shape index (κ3) is 2.57. The largest absolute Gasteiger partial charge is 0.314 e. The zero-order valence-corrected chi connectivity index (χ0v) is 12.4. The standard InChI is InChI=1S/C14H24ClN3/c1-4-8-16-13-7-6-11(10(13)3)14-12(15)9-17-18(14)5-2/h9-11,13,16H,4-8H2,1-3H3. The first-order chi connectivity index (χ1) is 8.69. The van der Waals surface area contributed by atoms with Crippen molar-refractivity contribution < 1.29 is 0 Å². The molecule has 3 atom stereocenters. The molecule has 0 spiro atoms. The molecule has 4 heteroatoms. The number of hydrogen-bond acceptors (Lipinski definition) is 2. The third-order valence-electron chi connectivity index (χ3n) is 4.20. The third-order valence-corrected chi connectivity index (χ3v) is 4.49. The predicted octanol–water partition coefficient (Wildman–Crippen LogP) is 3.44. The van der Waals surface area contributed by atoms with E-state index in [1.807, 2.05) is 0 Å². The first-order valence-corrected chi connectivity index (χ1v) is 7.51. The van der Waals surface area contributed by atoms with Crippen LogP contribution in [0.5, 0.6) is 0 Å². The molecule has 3 unspecified atom stereocenters. The minimum Gasteiger partial charge on any atom is -0.314 e. The molecule has 0 radical (unpaired) electrons. The van der Waals surface area contributed by atoms with Crippen LogP contribution in [0.2, 0.25) is 5.02 Å². The van der Waals surface area contributed by atoms with Crippen molar-refractivity contribution in [2.24, 2.45) is 5.92 Å². The number of rotatable bonds is 5. The molecule has 0 bridgehead atoms. The van der Waals surface area contributed by atoms with E-state index in [0.717, 1.165) is 18.1 Å². The molecule has 0 amide bonds. The van der Waals surface area contributed by atoms with Gasteiger partial charge in [0.2, 0.25) is 0 Å². The normalized spacial score (nSPS) is 27.9. The molecule has 1 saturated carbocycles.